The minimum Gasteiger partial charge on any atom is -0.497 e. The molecule has 0 saturated heterocycles. The molecule has 146 valence electrons. The van der Waals surface area contributed by atoms with Gasteiger partial charge in [0.05, 0.1) is 25.5 Å². The lowest BCUT2D eigenvalue weighted by molar-refractivity contribution is -0.119. The number of methoxy groups -OCH3 is 2. The molecule has 0 aliphatic heterocycles. The van der Waals surface area contributed by atoms with Crippen LogP contribution in [0.25, 0.3) is 11.5 Å². The number of carbonyl (C=O) groups excluding carboxylic acids is 1. The Morgan fingerprint density at radius 2 is 2.07 bits per heavy atom. The summed E-state index contributed by atoms with van der Waals surface area (Å²) in [6.45, 7) is 2.20. The molecule has 1 aromatic heterocycles. The van der Waals surface area contributed by atoms with Crippen molar-refractivity contribution in [1.29, 1.82) is 0 Å². The molecule has 2 atom stereocenters. The summed E-state index contributed by atoms with van der Waals surface area (Å²) in [6, 6.07) is 5.63. The van der Waals surface area contributed by atoms with Crippen LogP contribution in [0, 0.1) is 5.92 Å². The van der Waals surface area contributed by atoms with Crippen LogP contribution in [-0.4, -0.2) is 42.1 Å². The second kappa shape index (κ2) is 9.12. The van der Waals surface area contributed by atoms with Crippen LogP contribution in [0.4, 0.5) is 0 Å². The van der Waals surface area contributed by atoms with Crippen molar-refractivity contribution >= 4 is 17.7 Å². The standard InChI is InChI=1S/C19H25N3O4S/c1-12-6-4-5-7-15(12)20-17(23)11-27-19-22-21-18(26-19)14-9-8-13(24-2)10-16(14)25-3/h8-10,12,15H,4-7,11H2,1-3H3,(H,20,23)/t12-,15+/m1/s1. The van der Waals surface area contributed by atoms with Crippen molar-refractivity contribution in [3.05, 3.63) is 18.2 Å². The minimum atomic E-state index is 0.000489. The van der Waals surface area contributed by atoms with Gasteiger partial charge < -0.3 is 19.2 Å². The summed E-state index contributed by atoms with van der Waals surface area (Å²) in [5.74, 6) is 2.39. The topological polar surface area (TPSA) is 86.5 Å². The van der Waals surface area contributed by atoms with Gasteiger partial charge in [0.15, 0.2) is 0 Å². The molecule has 0 spiro atoms. The molecule has 2 aromatic rings. The van der Waals surface area contributed by atoms with Gasteiger partial charge in [-0.25, -0.2) is 0 Å². The number of nitrogens with one attached hydrogen (secondary N) is 1. The fraction of sp³-hybridized carbons (Fsp3) is 0.526. The fourth-order valence-electron chi connectivity index (χ4n) is 3.26. The second-order valence-electron chi connectivity index (χ2n) is 6.66. The maximum Gasteiger partial charge on any atom is 0.277 e. The number of amides is 1. The molecule has 1 aliphatic carbocycles. The number of thioether (sulfide) groups is 1. The number of rotatable bonds is 7. The van der Waals surface area contributed by atoms with Gasteiger partial charge in [-0.1, -0.05) is 31.5 Å². The monoisotopic (exact) mass is 391 g/mol. The predicted molar refractivity (Wildman–Crippen MR) is 103 cm³/mol. The number of hydrogen-bond acceptors (Lipinski definition) is 7. The Labute approximate surface area is 163 Å². The van der Waals surface area contributed by atoms with Crippen LogP contribution in [0.15, 0.2) is 27.8 Å². The number of hydrogen-bond donors (Lipinski definition) is 1. The van der Waals surface area contributed by atoms with Crippen LogP contribution in [0.3, 0.4) is 0 Å². The number of ether oxygens (including phenoxy) is 2. The van der Waals surface area contributed by atoms with Gasteiger partial charge in [-0.15, -0.1) is 10.2 Å². The number of aromatic nitrogens is 2. The molecular formula is C19H25N3O4S. The van der Waals surface area contributed by atoms with E-state index in [1.165, 1.54) is 31.0 Å². The zero-order valence-corrected chi connectivity index (χ0v) is 16.7. The van der Waals surface area contributed by atoms with E-state index >= 15 is 0 Å². The summed E-state index contributed by atoms with van der Waals surface area (Å²) < 4.78 is 16.2. The lowest BCUT2D eigenvalue weighted by Gasteiger charge is -2.29. The van der Waals surface area contributed by atoms with Crippen molar-refractivity contribution in [1.82, 2.24) is 15.5 Å². The first-order chi connectivity index (χ1) is 13.1. The van der Waals surface area contributed by atoms with Crippen LogP contribution < -0.4 is 14.8 Å². The molecule has 27 heavy (non-hydrogen) atoms. The maximum atomic E-state index is 12.2. The molecule has 1 heterocycles. The SMILES string of the molecule is COc1ccc(-c2nnc(SCC(=O)N[C@H]3CCCC[C@H]3C)o2)c(OC)c1. The van der Waals surface area contributed by atoms with Crippen molar-refractivity contribution in [3.63, 3.8) is 0 Å². The highest BCUT2D eigenvalue weighted by atomic mass is 32.2. The third-order valence-electron chi connectivity index (χ3n) is 4.83. The van der Waals surface area contributed by atoms with Crippen LogP contribution in [0.5, 0.6) is 11.5 Å². The summed E-state index contributed by atoms with van der Waals surface area (Å²) in [6.07, 6.45) is 4.66. The highest BCUT2D eigenvalue weighted by molar-refractivity contribution is 7.99. The Bertz CT molecular complexity index is 780. The van der Waals surface area contributed by atoms with E-state index in [-0.39, 0.29) is 17.7 Å². The van der Waals surface area contributed by atoms with E-state index in [4.69, 9.17) is 13.9 Å². The first-order valence-electron chi connectivity index (χ1n) is 9.08. The van der Waals surface area contributed by atoms with Gasteiger partial charge in [-0.3, -0.25) is 4.79 Å². The van der Waals surface area contributed by atoms with Gasteiger partial charge in [-0.2, -0.15) is 0 Å². The number of nitrogens with zero attached hydrogens (tertiary/aromatic N) is 2. The van der Waals surface area contributed by atoms with Crippen molar-refractivity contribution < 1.29 is 18.7 Å². The molecule has 3 rings (SSSR count). The Hall–Kier alpha value is -2.22. The Kier molecular flexibility index (Phi) is 6.60. The summed E-state index contributed by atoms with van der Waals surface area (Å²) in [7, 11) is 3.16. The van der Waals surface area contributed by atoms with E-state index in [0.717, 1.165) is 6.42 Å². The van der Waals surface area contributed by atoms with Gasteiger partial charge in [-0.05, 0) is 30.9 Å². The fourth-order valence-corrected chi connectivity index (χ4v) is 3.83. The first kappa shape index (κ1) is 19.5. The second-order valence-corrected chi connectivity index (χ2v) is 7.59. The average Bonchev–Trinajstić information content (AvgIpc) is 3.16. The van der Waals surface area contributed by atoms with Crippen molar-refractivity contribution in [2.75, 3.05) is 20.0 Å². The largest absolute Gasteiger partial charge is 0.497 e. The van der Waals surface area contributed by atoms with Crippen LogP contribution in [0.1, 0.15) is 32.6 Å². The van der Waals surface area contributed by atoms with Crippen molar-refractivity contribution in [2.45, 2.75) is 43.9 Å². The lowest BCUT2D eigenvalue weighted by Crippen LogP contribution is -2.41. The van der Waals surface area contributed by atoms with Gasteiger partial charge in [0, 0.05) is 12.1 Å². The molecule has 1 N–H and O–H groups in total. The van der Waals surface area contributed by atoms with Gasteiger partial charge >= 0.3 is 0 Å². The van der Waals surface area contributed by atoms with Crippen molar-refractivity contribution in [2.24, 2.45) is 5.92 Å². The van der Waals surface area contributed by atoms with E-state index in [9.17, 15) is 4.79 Å². The molecule has 1 saturated carbocycles. The van der Waals surface area contributed by atoms with Crippen molar-refractivity contribution in [3.8, 4) is 23.0 Å². The Morgan fingerprint density at radius 3 is 2.81 bits per heavy atom. The number of carbonyl (C=O) groups is 1. The smallest absolute Gasteiger partial charge is 0.277 e. The normalized spacial score (nSPS) is 19.5. The highest BCUT2D eigenvalue weighted by Gasteiger charge is 2.23. The molecule has 7 nitrogen and oxygen atoms in total. The molecule has 1 aromatic carbocycles. The van der Waals surface area contributed by atoms with Crippen LogP contribution in [-0.2, 0) is 4.79 Å². The molecule has 0 bridgehead atoms. The van der Waals surface area contributed by atoms with Crippen LogP contribution in [0.2, 0.25) is 0 Å². The summed E-state index contributed by atoms with van der Waals surface area (Å²) >= 11 is 1.24. The number of benzene rings is 1. The molecule has 0 unspecified atom stereocenters. The Morgan fingerprint density at radius 1 is 1.26 bits per heavy atom. The zero-order valence-electron chi connectivity index (χ0n) is 15.9. The summed E-state index contributed by atoms with van der Waals surface area (Å²) in [4.78, 5) is 12.2. The van der Waals surface area contributed by atoms with E-state index in [1.54, 1.807) is 32.4 Å². The molecule has 1 amide bonds. The van der Waals surface area contributed by atoms with E-state index < -0.39 is 0 Å². The quantitative estimate of drug-likeness (QED) is 0.722. The third-order valence-corrected chi connectivity index (χ3v) is 5.65. The maximum absolute atomic E-state index is 12.2. The predicted octanol–water partition coefficient (Wildman–Crippen LogP) is 3.54. The molecule has 1 fully saturated rings. The van der Waals surface area contributed by atoms with E-state index in [0.29, 0.717) is 34.1 Å². The van der Waals surface area contributed by atoms with Gasteiger partial charge in [0.1, 0.15) is 11.5 Å². The first-order valence-corrected chi connectivity index (χ1v) is 10.1. The summed E-state index contributed by atoms with van der Waals surface area (Å²) in [5, 5.41) is 11.6. The molecule has 0 radical (unpaired) electrons. The van der Waals surface area contributed by atoms with Gasteiger partial charge in [0.25, 0.3) is 11.1 Å². The Balaban J connectivity index is 1.59. The zero-order chi connectivity index (χ0) is 19.2. The lowest BCUT2D eigenvalue weighted by atomic mass is 9.86. The summed E-state index contributed by atoms with van der Waals surface area (Å²) in [5.41, 5.74) is 0.679. The molecular weight excluding hydrogens is 366 g/mol. The highest BCUT2D eigenvalue weighted by Crippen LogP contribution is 2.33. The minimum absolute atomic E-state index is 0.000489. The van der Waals surface area contributed by atoms with E-state index in [2.05, 4.69) is 22.4 Å². The third kappa shape index (κ3) is 4.94. The van der Waals surface area contributed by atoms with Gasteiger partial charge in [0.2, 0.25) is 5.91 Å². The molecule has 8 heteroatoms. The van der Waals surface area contributed by atoms with Crippen LogP contribution >= 0.6 is 11.8 Å². The van der Waals surface area contributed by atoms with E-state index in [1.807, 2.05) is 0 Å². The molecule has 1 aliphatic rings. The average molecular weight is 391 g/mol.